The Bertz CT molecular complexity index is 184. The Labute approximate surface area is 85.5 Å². The van der Waals surface area contributed by atoms with Gasteiger partial charge in [-0.3, -0.25) is 0 Å². The van der Waals surface area contributed by atoms with E-state index in [0.29, 0.717) is 12.8 Å². The Balaban J connectivity index is 0.000000461. The number of hydrogen-bond acceptors (Lipinski definition) is 1. The lowest BCUT2D eigenvalue weighted by Gasteiger charge is -2.31. The molecule has 0 aromatic heterocycles. The molecule has 1 nitrogen and oxygen atoms in total. The molecule has 0 atom stereocenters. The van der Waals surface area contributed by atoms with E-state index in [0.717, 1.165) is 19.6 Å². The van der Waals surface area contributed by atoms with Crippen molar-refractivity contribution < 1.29 is 8.78 Å². The first-order chi connectivity index (χ1) is 6.60. The summed E-state index contributed by atoms with van der Waals surface area (Å²) < 4.78 is 25.8. The van der Waals surface area contributed by atoms with Gasteiger partial charge in [0.1, 0.15) is 0 Å². The largest absolute Gasteiger partial charge is 0.304 e. The average Bonchev–Trinajstić information content (AvgIpc) is 2.72. The van der Waals surface area contributed by atoms with Crippen molar-refractivity contribution >= 4 is 0 Å². The summed E-state index contributed by atoms with van der Waals surface area (Å²) in [4.78, 5) is 2.25. The molecule has 0 N–H and O–H groups in total. The van der Waals surface area contributed by atoms with Crippen LogP contribution in [0.1, 0.15) is 40.0 Å². The van der Waals surface area contributed by atoms with E-state index in [2.05, 4.69) is 11.8 Å². The van der Waals surface area contributed by atoms with Gasteiger partial charge in [-0.2, -0.15) is 0 Å². The maximum absolute atomic E-state index is 12.9. The van der Waals surface area contributed by atoms with Crippen molar-refractivity contribution in [2.75, 3.05) is 19.6 Å². The van der Waals surface area contributed by atoms with E-state index in [1.807, 2.05) is 13.8 Å². The van der Waals surface area contributed by atoms with Gasteiger partial charge in [0.25, 0.3) is 5.92 Å². The molecule has 1 heterocycles. The predicted molar refractivity (Wildman–Crippen MR) is 54.7 cm³/mol. The molecule has 0 bridgehead atoms. The van der Waals surface area contributed by atoms with Crippen molar-refractivity contribution in [2.24, 2.45) is 5.41 Å². The second-order valence-corrected chi connectivity index (χ2v) is 4.10. The van der Waals surface area contributed by atoms with E-state index in [9.17, 15) is 8.78 Å². The third-order valence-corrected chi connectivity index (χ3v) is 3.47. The quantitative estimate of drug-likeness (QED) is 0.635. The van der Waals surface area contributed by atoms with Crippen LogP contribution in [0.5, 0.6) is 0 Å². The van der Waals surface area contributed by atoms with Crippen LogP contribution in [0, 0.1) is 5.41 Å². The van der Waals surface area contributed by atoms with Crippen LogP contribution < -0.4 is 0 Å². The highest BCUT2D eigenvalue weighted by molar-refractivity contribution is 5.11. The molecule has 3 heteroatoms. The lowest BCUT2D eigenvalue weighted by Crippen LogP contribution is -2.36. The van der Waals surface area contributed by atoms with Crippen LogP contribution >= 0.6 is 0 Å². The fourth-order valence-corrected chi connectivity index (χ4v) is 2.22. The molecule has 2 rings (SSSR count). The fraction of sp³-hybridized carbons (Fsp3) is 1.00. The van der Waals surface area contributed by atoms with Crippen molar-refractivity contribution in [1.29, 1.82) is 0 Å². The second-order valence-electron chi connectivity index (χ2n) is 4.10. The van der Waals surface area contributed by atoms with Gasteiger partial charge in [-0.05, 0) is 32.5 Å². The number of nitrogens with zero attached hydrogens (tertiary/aromatic N) is 1. The zero-order chi connectivity index (χ0) is 10.8. The number of rotatable bonds is 1. The Kier molecular flexibility index (Phi) is 3.51. The molecule has 0 aromatic rings. The van der Waals surface area contributed by atoms with Crippen LogP contribution in [-0.4, -0.2) is 30.5 Å². The van der Waals surface area contributed by atoms with Crippen molar-refractivity contribution in [3.8, 4) is 0 Å². The monoisotopic (exact) mass is 205 g/mol. The summed E-state index contributed by atoms with van der Waals surface area (Å²) in [5.74, 6) is -2.33. The Morgan fingerprint density at radius 3 is 1.86 bits per heavy atom. The smallest absolute Gasteiger partial charge is 0.254 e. The third kappa shape index (κ3) is 1.92. The summed E-state index contributed by atoms with van der Waals surface area (Å²) in [6.45, 7) is 8.82. The Hall–Kier alpha value is -0.180. The van der Waals surface area contributed by atoms with Gasteiger partial charge in [0.05, 0.1) is 0 Å². The molecule has 2 aliphatic rings. The molecule has 0 unspecified atom stereocenters. The lowest BCUT2D eigenvalue weighted by molar-refractivity contribution is 0.0324. The molecule has 1 spiro atoms. The number of alkyl halides is 2. The summed E-state index contributed by atoms with van der Waals surface area (Å²) >= 11 is 0. The first-order valence-corrected chi connectivity index (χ1v) is 5.70. The van der Waals surface area contributed by atoms with E-state index in [1.165, 1.54) is 0 Å². The highest BCUT2D eigenvalue weighted by Gasteiger charge is 2.70. The summed E-state index contributed by atoms with van der Waals surface area (Å²) in [6.07, 6.45) is 1.55. The molecule has 1 aliphatic heterocycles. The molecular weight excluding hydrogens is 184 g/mol. The first kappa shape index (κ1) is 11.9. The Morgan fingerprint density at radius 2 is 1.57 bits per heavy atom. The molecule has 0 radical (unpaired) electrons. The van der Waals surface area contributed by atoms with Gasteiger partial charge in [-0.25, -0.2) is 8.78 Å². The van der Waals surface area contributed by atoms with Crippen molar-refractivity contribution in [1.82, 2.24) is 4.90 Å². The molecule has 14 heavy (non-hydrogen) atoms. The van der Waals surface area contributed by atoms with Gasteiger partial charge in [0.2, 0.25) is 0 Å². The maximum atomic E-state index is 12.9. The van der Waals surface area contributed by atoms with Crippen LogP contribution in [0.15, 0.2) is 0 Å². The Morgan fingerprint density at radius 1 is 1.14 bits per heavy atom. The molecule has 1 saturated carbocycles. The van der Waals surface area contributed by atoms with Crippen LogP contribution in [-0.2, 0) is 0 Å². The molecule has 1 saturated heterocycles. The standard InChI is InChI=1S/C9H15F2N.C2H6/c1-2-12-5-3-8(4-6-12)7-9(8,10)11;1-2/h2-7H2,1H3;1-2H3. The van der Waals surface area contributed by atoms with Crippen LogP contribution in [0.2, 0.25) is 0 Å². The fourth-order valence-electron chi connectivity index (χ4n) is 2.22. The topological polar surface area (TPSA) is 3.24 Å². The van der Waals surface area contributed by atoms with E-state index in [1.54, 1.807) is 0 Å². The zero-order valence-electron chi connectivity index (χ0n) is 9.45. The molecule has 1 aliphatic carbocycles. The number of halogens is 2. The zero-order valence-corrected chi connectivity index (χ0v) is 9.45. The van der Waals surface area contributed by atoms with Gasteiger partial charge in [0.15, 0.2) is 0 Å². The third-order valence-electron chi connectivity index (χ3n) is 3.47. The summed E-state index contributed by atoms with van der Waals surface area (Å²) in [6, 6.07) is 0. The van der Waals surface area contributed by atoms with Gasteiger partial charge in [0, 0.05) is 11.8 Å². The minimum Gasteiger partial charge on any atom is -0.304 e. The average molecular weight is 205 g/mol. The molecule has 84 valence electrons. The molecule has 2 fully saturated rings. The normalized spacial score (nSPS) is 28.1. The minimum atomic E-state index is -2.33. The molecular formula is C11H21F2N. The van der Waals surface area contributed by atoms with E-state index < -0.39 is 11.3 Å². The van der Waals surface area contributed by atoms with E-state index in [4.69, 9.17) is 0 Å². The predicted octanol–water partition coefficient (Wildman–Crippen LogP) is 3.15. The minimum absolute atomic E-state index is 0.150. The van der Waals surface area contributed by atoms with Crippen LogP contribution in [0.3, 0.4) is 0 Å². The van der Waals surface area contributed by atoms with Gasteiger partial charge >= 0.3 is 0 Å². The van der Waals surface area contributed by atoms with Crippen LogP contribution in [0.4, 0.5) is 8.78 Å². The number of hydrogen-bond donors (Lipinski definition) is 0. The van der Waals surface area contributed by atoms with Crippen LogP contribution in [0.25, 0.3) is 0 Å². The second kappa shape index (κ2) is 4.13. The molecule has 0 aromatic carbocycles. The number of piperidine rings is 1. The number of likely N-dealkylation sites (tertiary alicyclic amines) is 1. The first-order valence-electron chi connectivity index (χ1n) is 5.70. The lowest BCUT2D eigenvalue weighted by atomic mass is 9.93. The highest BCUT2D eigenvalue weighted by atomic mass is 19.3. The van der Waals surface area contributed by atoms with Gasteiger partial charge < -0.3 is 4.90 Å². The SMILES string of the molecule is CC.CCN1CCC2(CC1)CC2(F)F. The summed E-state index contributed by atoms with van der Waals surface area (Å²) in [5.41, 5.74) is -0.571. The van der Waals surface area contributed by atoms with Crippen molar-refractivity contribution in [3.63, 3.8) is 0 Å². The summed E-state index contributed by atoms with van der Waals surface area (Å²) in [7, 11) is 0. The highest BCUT2D eigenvalue weighted by Crippen LogP contribution is 2.65. The van der Waals surface area contributed by atoms with E-state index in [-0.39, 0.29) is 6.42 Å². The molecule has 0 amide bonds. The summed E-state index contributed by atoms with van der Waals surface area (Å²) in [5, 5.41) is 0. The van der Waals surface area contributed by atoms with Crippen molar-refractivity contribution in [2.45, 2.75) is 46.0 Å². The van der Waals surface area contributed by atoms with Crippen molar-refractivity contribution in [3.05, 3.63) is 0 Å². The van der Waals surface area contributed by atoms with Gasteiger partial charge in [-0.1, -0.05) is 20.8 Å². The maximum Gasteiger partial charge on any atom is 0.254 e. The van der Waals surface area contributed by atoms with E-state index >= 15 is 0 Å². The van der Waals surface area contributed by atoms with Gasteiger partial charge in [-0.15, -0.1) is 0 Å².